The van der Waals surface area contributed by atoms with E-state index < -0.39 is 0 Å². The molecule has 0 aliphatic carbocycles. The zero-order valence-electron chi connectivity index (χ0n) is 53.6. The van der Waals surface area contributed by atoms with Crippen LogP contribution in [0.1, 0.15) is 0 Å². The molecule has 14 aromatic carbocycles. The van der Waals surface area contributed by atoms with Crippen LogP contribution in [0, 0.1) is 0 Å². The first-order valence-electron chi connectivity index (χ1n) is 33.5. The number of fused-ring (bicyclic) bond motifs is 12. The van der Waals surface area contributed by atoms with Gasteiger partial charge in [-0.15, -0.1) is 45.3 Å². The fourth-order valence-corrected chi connectivity index (χ4v) is 19.5. The van der Waals surface area contributed by atoms with Crippen molar-refractivity contribution in [3.8, 4) is 123 Å². The number of benzene rings is 14. The lowest BCUT2D eigenvalue weighted by atomic mass is 9.96. The molecule has 6 aromatic heterocycles. The van der Waals surface area contributed by atoms with Gasteiger partial charge in [0.25, 0.3) is 0 Å². The minimum Gasteiger partial charge on any atom is -0.228 e. The van der Waals surface area contributed by atoms with E-state index in [2.05, 4.69) is 328 Å². The molecule has 0 atom stereocenters. The third-order valence-corrected chi connectivity index (χ3v) is 24.4. The molecular weight excluding hydrogens is 1290 g/mol. The van der Waals surface area contributed by atoms with Crippen molar-refractivity contribution in [2.45, 2.75) is 0 Å². The second-order valence-corrected chi connectivity index (χ2v) is 29.7. The van der Waals surface area contributed by atoms with Gasteiger partial charge in [0.1, 0.15) is 0 Å². The summed E-state index contributed by atoms with van der Waals surface area (Å²) in [4.78, 5) is 21.6. The van der Waals surface area contributed by atoms with E-state index in [9.17, 15) is 0 Å². The number of aromatic nitrogens is 4. The first-order valence-corrected chi connectivity index (χ1v) is 36.8. The first-order chi connectivity index (χ1) is 49.5. The quantitative estimate of drug-likeness (QED) is 0.129. The molecule has 466 valence electrons. The minimum atomic E-state index is 0.689. The summed E-state index contributed by atoms with van der Waals surface area (Å²) in [5, 5.41) is 10.1. The van der Waals surface area contributed by atoms with Crippen LogP contribution < -0.4 is 0 Å². The standard InChI is InChI=1S/C92H54N4S4/c1-3-18-56(19-4-1)64-22-7-9-24-67(64)79-53-81(75-32-16-30-72-69-26-11-13-34-83(69)98-89(72)75)95-91(93-79)59-40-36-55(37-41-59)61-45-48-85-77(50-61)78-51-62(46-49-86(78)97-85)63-44-47-71-74-29-15-28-66(88(74)100-87(71)52-63)58-38-42-60(43-39-58)92-94-80(68-25-10-8-23-65(68)57-20-5-2-6-21-57)54-82(96-92)76-33-17-31-73-70-27-12-14-35-84(70)99-90(73)76/h1-54H. The summed E-state index contributed by atoms with van der Waals surface area (Å²) in [6, 6.07) is 119. The van der Waals surface area contributed by atoms with E-state index in [1.54, 1.807) is 0 Å². The maximum absolute atomic E-state index is 5.42. The van der Waals surface area contributed by atoms with Gasteiger partial charge < -0.3 is 0 Å². The molecule has 0 aliphatic heterocycles. The molecule has 0 fully saturated rings. The first kappa shape index (κ1) is 58.3. The Bertz CT molecular complexity index is 6640. The second kappa shape index (κ2) is 24.0. The van der Waals surface area contributed by atoms with E-state index in [1.165, 1.54) is 103 Å². The van der Waals surface area contributed by atoms with E-state index in [4.69, 9.17) is 19.9 Å². The Balaban J connectivity index is 0.620. The summed E-state index contributed by atoms with van der Waals surface area (Å²) < 4.78 is 10.1. The summed E-state index contributed by atoms with van der Waals surface area (Å²) in [7, 11) is 0. The zero-order valence-corrected chi connectivity index (χ0v) is 56.9. The van der Waals surface area contributed by atoms with Crippen LogP contribution in [0.4, 0.5) is 0 Å². The van der Waals surface area contributed by atoms with Crippen molar-refractivity contribution in [2.24, 2.45) is 0 Å². The van der Waals surface area contributed by atoms with Crippen molar-refractivity contribution in [1.29, 1.82) is 0 Å². The van der Waals surface area contributed by atoms with Crippen LogP contribution in [0.15, 0.2) is 328 Å². The Morgan fingerprint density at radius 3 is 0.990 bits per heavy atom. The number of hydrogen-bond acceptors (Lipinski definition) is 8. The summed E-state index contributed by atoms with van der Waals surface area (Å²) in [5.41, 5.74) is 21.5. The lowest BCUT2D eigenvalue weighted by molar-refractivity contribution is 1.19. The third-order valence-electron chi connectivity index (χ3n) is 19.6. The monoisotopic (exact) mass is 1340 g/mol. The van der Waals surface area contributed by atoms with E-state index in [0.717, 1.165) is 89.5 Å². The van der Waals surface area contributed by atoms with Crippen molar-refractivity contribution in [1.82, 2.24) is 19.9 Å². The molecule has 20 rings (SSSR count). The van der Waals surface area contributed by atoms with Crippen LogP contribution in [0.25, 0.3) is 204 Å². The van der Waals surface area contributed by atoms with Crippen molar-refractivity contribution in [3.05, 3.63) is 328 Å². The fraction of sp³-hybridized carbons (Fsp3) is 0. The van der Waals surface area contributed by atoms with E-state index >= 15 is 0 Å². The van der Waals surface area contributed by atoms with Gasteiger partial charge >= 0.3 is 0 Å². The summed E-state index contributed by atoms with van der Waals surface area (Å²) >= 11 is 7.38. The molecule has 8 heteroatoms. The predicted molar refractivity (Wildman–Crippen MR) is 429 cm³/mol. The molecular formula is C92H54N4S4. The topological polar surface area (TPSA) is 51.6 Å². The molecule has 0 unspecified atom stereocenters. The normalized spacial score (nSPS) is 11.8. The number of thiophene rings is 4. The fourth-order valence-electron chi connectivity index (χ4n) is 14.7. The Morgan fingerprint density at radius 2 is 0.480 bits per heavy atom. The minimum absolute atomic E-state index is 0.689. The Hall–Kier alpha value is -11.9. The van der Waals surface area contributed by atoms with Crippen LogP contribution in [0.2, 0.25) is 0 Å². The second-order valence-electron chi connectivity index (χ2n) is 25.5. The van der Waals surface area contributed by atoms with Crippen molar-refractivity contribution >= 4 is 126 Å². The highest BCUT2D eigenvalue weighted by atomic mass is 32.1. The molecule has 100 heavy (non-hydrogen) atoms. The van der Waals surface area contributed by atoms with Crippen molar-refractivity contribution in [2.75, 3.05) is 0 Å². The molecule has 0 spiro atoms. The molecule has 0 bridgehead atoms. The molecule has 0 aliphatic rings. The van der Waals surface area contributed by atoms with E-state index in [-0.39, 0.29) is 0 Å². The molecule has 20 aromatic rings. The smallest absolute Gasteiger partial charge is 0.160 e. The number of rotatable bonds is 11. The van der Waals surface area contributed by atoms with Gasteiger partial charge in [-0.05, 0) is 110 Å². The summed E-state index contributed by atoms with van der Waals surface area (Å²) in [6.45, 7) is 0. The molecule has 0 N–H and O–H groups in total. The van der Waals surface area contributed by atoms with Crippen LogP contribution in [-0.2, 0) is 0 Å². The Labute approximate surface area is 592 Å². The highest BCUT2D eigenvalue weighted by Crippen LogP contribution is 2.47. The molecule has 0 saturated heterocycles. The van der Waals surface area contributed by atoms with E-state index in [0.29, 0.717) is 11.6 Å². The van der Waals surface area contributed by atoms with Gasteiger partial charge in [-0.1, -0.05) is 273 Å². The van der Waals surface area contributed by atoms with Crippen LogP contribution >= 0.6 is 45.3 Å². The average Bonchev–Trinajstić information content (AvgIpc) is 1.59. The van der Waals surface area contributed by atoms with Gasteiger partial charge in [-0.25, -0.2) is 19.9 Å². The van der Waals surface area contributed by atoms with Crippen LogP contribution in [-0.4, -0.2) is 19.9 Å². The van der Waals surface area contributed by atoms with Gasteiger partial charge in [-0.3, -0.25) is 0 Å². The van der Waals surface area contributed by atoms with Crippen LogP contribution in [0.5, 0.6) is 0 Å². The summed E-state index contributed by atoms with van der Waals surface area (Å²) in [6.07, 6.45) is 0. The SMILES string of the molecule is c1ccc(-c2ccccc2-c2cc(-c3cccc4c3sc3ccccc34)nc(-c3ccc(-c4ccc5sc6ccc(-c7ccc8c(c7)sc7c(-c9ccc(-c%10nc(-c%11ccccc%11-c%11ccccc%11)cc(-c%11cccc%12c%11sc%11ccccc%11%12)n%10)cc9)cccc78)cc6c5c4)cc3)n2)cc1. The maximum atomic E-state index is 5.42. The lowest BCUT2D eigenvalue weighted by Crippen LogP contribution is -1.97. The number of nitrogens with zero attached hydrogens (tertiary/aromatic N) is 4. The zero-order chi connectivity index (χ0) is 65.8. The Kier molecular flexibility index (Phi) is 14.0. The largest absolute Gasteiger partial charge is 0.228 e. The van der Waals surface area contributed by atoms with Gasteiger partial charge in [0.15, 0.2) is 11.6 Å². The highest BCUT2D eigenvalue weighted by Gasteiger charge is 2.22. The Morgan fingerprint density at radius 1 is 0.160 bits per heavy atom. The molecule has 0 saturated carbocycles. The summed E-state index contributed by atoms with van der Waals surface area (Å²) in [5.74, 6) is 1.38. The van der Waals surface area contributed by atoms with Crippen molar-refractivity contribution < 1.29 is 0 Å². The van der Waals surface area contributed by atoms with Gasteiger partial charge in [0.2, 0.25) is 0 Å². The lowest BCUT2D eigenvalue weighted by Gasteiger charge is -2.13. The van der Waals surface area contributed by atoms with Gasteiger partial charge in [-0.2, -0.15) is 0 Å². The van der Waals surface area contributed by atoms with Crippen LogP contribution in [0.3, 0.4) is 0 Å². The third kappa shape index (κ3) is 10.1. The van der Waals surface area contributed by atoms with Gasteiger partial charge in [0.05, 0.1) is 22.8 Å². The molecule has 6 heterocycles. The van der Waals surface area contributed by atoms with Crippen molar-refractivity contribution in [3.63, 3.8) is 0 Å². The predicted octanol–water partition coefficient (Wildman–Crippen LogP) is 27.1. The average molecular weight is 1340 g/mol. The molecule has 0 radical (unpaired) electrons. The molecule has 0 amide bonds. The number of hydrogen-bond donors (Lipinski definition) is 0. The van der Waals surface area contributed by atoms with E-state index in [1.807, 2.05) is 45.3 Å². The maximum Gasteiger partial charge on any atom is 0.160 e. The highest BCUT2D eigenvalue weighted by molar-refractivity contribution is 7.27. The molecule has 4 nitrogen and oxygen atoms in total. The van der Waals surface area contributed by atoms with Gasteiger partial charge in [0, 0.05) is 114 Å².